The van der Waals surface area contributed by atoms with E-state index in [0.717, 1.165) is 6.07 Å². The summed E-state index contributed by atoms with van der Waals surface area (Å²) >= 11 is 0. The minimum Gasteiger partial charge on any atom is -0.398 e. The second-order valence-corrected chi connectivity index (χ2v) is 4.53. The van der Waals surface area contributed by atoms with Crippen LogP contribution in [0.4, 0.5) is 40.3 Å². The molecule has 3 N–H and O–H groups in total. The molecule has 1 heterocycles. The smallest absolute Gasteiger partial charge is 0.398 e. The Kier molecular flexibility index (Phi) is 2.86. The number of rotatable bonds is 0. The number of nitrogen functional groups attached to an aromatic ring is 1. The molecule has 0 bridgehead atoms. The number of nitrogens with two attached hydrogens (primary N) is 1. The lowest BCUT2D eigenvalue weighted by Crippen LogP contribution is -2.11. The van der Waals surface area contributed by atoms with Crippen molar-refractivity contribution < 1.29 is 17.6 Å². The van der Waals surface area contributed by atoms with E-state index in [0.29, 0.717) is 17.1 Å². The normalized spacial score (nSPS) is 13.1. The van der Waals surface area contributed by atoms with Gasteiger partial charge in [-0.1, -0.05) is 0 Å². The Labute approximate surface area is 117 Å². The lowest BCUT2D eigenvalue weighted by atomic mass is 10.1. The van der Waals surface area contributed by atoms with Crippen LogP contribution in [0.2, 0.25) is 0 Å². The van der Waals surface area contributed by atoms with Crippen LogP contribution in [0.25, 0.3) is 0 Å². The van der Waals surface area contributed by atoms with Crippen molar-refractivity contribution in [3.8, 4) is 0 Å². The molecule has 1 aliphatic rings. The molecule has 0 radical (unpaired) electrons. The lowest BCUT2D eigenvalue weighted by Gasteiger charge is -2.15. The summed E-state index contributed by atoms with van der Waals surface area (Å²) in [6, 6.07) is 6.07. The van der Waals surface area contributed by atoms with Gasteiger partial charge in [-0.3, -0.25) is 4.99 Å². The number of anilines is 3. The van der Waals surface area contributed by atoms with E-state index >= 15 is 0 Å². The molecule has 0 fully saturated rings. The number of hydrogen-bond donors (Lipinski definition) is 2. The molecule has 0 amide bonds. The van der Waals surface area contributed by atoms with Crippen molar-refractivity contribution in [3.63, 3.8) is 0 Å². The Hall–Kier alpha value is -2.57. The zero-order valence-electron chi connectivity index (χ0n) is 10.5. The van der Waals surface area contributed by atoms with Crippen molar-refractivity contribution in [3.05, 3.63) is 47.3 Å². The Morgan fingerprint density at radius 2 is 1.76 bits per heavy atom. The molecule has 108 valence electrons. The molecule has 0 aliphatic carbocycles. The summed E-state index contributed by atoms with van der Waals surface area (Å²) in [6.07, 6.45) is -3.34. The summed E-state index contributed by atoms with van der Waals surface area (Å²) in [5, 5.41) is 2.91. The van der Waals surface area contributed by atoms with E-state index in [4.69, 9.17) is 5.73 Å². The highest BCUT2D eigenvalue weighted by Gasteiger charge is 2.34. The van der Waals surface area contributed by atoms with Gasteiger partial charge in [0.2, 0.25) is 0 Å². The molecule has 0 saturated carbocycles. The molecule has 2 aromatic rings. The largest absolute Gasteiger partial charge is 0.418 e. The Balaban J connectivity index is 2.16. The van der Waals surface area contributed by atoms with E-state index in [1.54, 1.807) is 0 Å². The number of nitrogens with zero attached hydrogens (tertiary/aromatic N) is 1. The summed E-state index contributed by atoms with van der Waals surface area (Å²) < 4.78 is 51.7. The van der Waals surface area contributed by atoms with Gasteiger partial charge >= 0.3 is 6.18 Å². The minimum absolute atomic E-state index is 0.126. The van der Waals surface area contributed by atoms with Crippen molar-refractivity contribution >= 4 is 29.0 Å². The number of benzene rings is 2. The van der Waals surface area contributed by atoms with Gasteiger partial charge in [0.15, 0.2) is 0 Å². The van der Waals surface area contributed by atoms with Crippen LogP contribution in [-0.2, 0) is 6.18 Å². The molecule has 21 heavy (non-hydrogen) atoms. The summed E-state index contributed by atoms with van der Waals surface area (Å²) in [6.45, 7) is 0. The SMILES string of the molecule is Nc1c(C(F)(F)F)ccc2c1C=Nc1cc(F)ccc1N2. The van der Waals surface area contributed by atoms with E-state index in [9.17, 15) is 17.6 Å². The predicted octanol–water partition coefficient (Wildman–Crippen LogP) is 4.23. The fourth-order valence-electron chi connectivity index (χ4n) is 2.13. The van der Waals surface area contributed by atoms with Gasteiger partial charge < -0.3 is 11.1 Å². The van der Waals surface area contributed by atoms with E-state index in [1.165, 1.54) is 30.5 Å². The van der Waals surface area contributed by atoms with Crippen LogP contribution < -0.4 is 11.1 Å². The summed E-state index contributed by atoms with van der Waals surface area (Å²) in [5.41, 5.74) is 5.55. The van der Waals surface area contributed by atoms with Crippen LogP contribution in [0.15, 0.2) is 35.3 Å². The van der Waals surface area contributed by atoms with E-state index < -0.39 is 23.2 Å². The highest BCUT2D eigenvalue weighted by atomic mass is 19.4. The number of halogens is 4. The molecule has 2 aromatic carbocycles. The Bertz CT molecular complexity index is 751. The van der Waals surface area contributed by atoms with E-state index in [2.05, 4.69) is 10.3 Å². The van der Waals surface area contributed by atoms with Crippen LogP contribution in [0.3, 0.4) is 0 Å². The average molecular weight is 295 g/mol. The summed E-state index contributed by atoms with van der Waals surface area (Å²) in [4.78, 5) is 4.00. The minimum atomic E-state index is -4.54. The van der Waals surface area contributed by atoms with Gasteiger partial charge in [-0.05, 0) is 24.3 Å². The van der Waals surface area contributed by atoms with Crippen LogP contribution in [-0.4, -0.2) is 6.21 Å². The highest BCUT2D eigenvalue weighted by molar-refractivity contribution is 6.00. The Morgan fingerprint density at radius 3 is 2.48 bits per heavy atom. The zero-order valence-corrected chi connectivity index (χ0v) is 10.5. The van der Waals surface area contributed by atoms with Crippen molar-refractivity contribution in [1.29, 1.82) is 0 Å². The first-order valence-electron chi connectivity index (χ1n) is 5.96. The third-order valence-corrected chi connectivity index (χ3v) is 3.15. The zero-order chi connectivity index (χ0) is 15.2. The molecule has 0 spiro atoms. The number of aliphatic imine (C=N–C) groups is 1. The number of fused-ring (bicyclic) bond motifs is 2. The van der Waals surface area contributed by atoms with Gasteiger partial charge in [-0.15, -0.1) is 0 Å². The maximum atomic E-state index is 13.2. The summed E-state index contributed by atoms with van der Waals surface area (Å²) in [7, 11) is 0. The first-order chi connectivity index (χ1) is 9.86. The molecular formula is C14H9F4N3. The van der Waals surface area contributed by atoms with Crippen molar-refractivity contribution in [2.24, 2.45) is 4.99 Å². The van der Waals surface area contributed by atoms with Gasteiger partial charge in [0.25, 0.3) is 0 Å². The van der Waals surface area contributed by atoms with Crippen molar-refractivity contribution in [1.82, 2.24) is 0 Å². The van der Waals surface area contributed by atoms with Gasteiger partial charge in [0, 0.05) is 23.5 Å². The molecule has 0 unspecified atom stereocenters. The molecule has 1 aliphatic heterocycles. The third kappa shape index (κ3) is 2.31. The third-order valence-electron chi connectivity index (χ3n) is 3.15. The van der Waals surface area contributed by atoms with Crippen LogP contribution in [0, 0.1) is 5.82 Å². The van der Waals surface area contributed by atoms with Gasteiger partial charge in [-0.2, -0.15) is 13.2 Å². The predicted molar refractivity (Wildman–Crippen MR) is 72.8 cm³/mol. The fraction of sp³-hybridized carbons (Fsp3) is 0.0714. The maximum Gasteiger partial charge on any atom is 0.418 e. The van der Waals surface area contributed by atoms with Crippen LogP contribution in [0.5, 0.6) is 0 Å². The number of alkyl halides is 3. The van der Waals surface area contributed by atoms with Crippen molar-refractivity contribution in [2.45, 2.75) is 6.18 Å². The number of hydrogen-bond acceptors (Lipinski definition) is 3. The van der Waals surface area contributed by atoms with Gasteiger partial charge in [0.1, 0.15) is 5.82 Å². The fourth-order valence-corrected chi connectivity index (χ4v) is 2.13. The first-order valence-corrected chi connectivity index (χ1v) is 5.96. The maximum absolute atomic E-state index is 13.2. The monoisotopic (exact) mass is 295 g/mol. The second kappa shape index (κ2) is 4.47. The molecule has 7 heteroatoms. The Morgan fingerprint density at radius 1 is 1.05 bits per heavy atom. The molecule has 3 nitrogen and oxygen atoms in total. The standard InChI is InChI=1S/C14H9F4N3/c15-7-1-3-11-12(5-7)20-6-8-10(21-11)4-2-9(13(8)19)14(16,17)18/h1-6,21H,19H2. The summed E-state index contributed by atoms with van der Waals surface area (Å²) in [5.74, 6) is -0.484. The highest BCUT2D eigenvalue weighted by Crippen LogP contribution is 2.40. The number of nitrogens with one attached hydrogen (secondary N) is 1. The average Bonchev–Trinajstić information content (AvgIpc) is 2.57. The molecule has 0 atom stereocenters. The molecule has 0 aromatic heterocycles. The topological polar surface area (TPSA) is 50.4 Å². The quantitative estimate of drug-likeness (QED) is 0.481. The molecule has 0 saturated heterocycles. The second-order valence-electron chi connectivity index (χ2n) is 4.53. The van der Waals surface area contributed by atoms with Crippen LogP contribution in [0.1, 0.15) is 11.1 Å². The van der Waals surface area contributed by atoms with E-state index in [1.807, 2.05) is 0 Å². The molecule has 3 rings (SSSR count). The first kappa shape index (κ1) is 13.4. The van der Waals surface area contributed by atoms with Crippen molar-refractivity contribution in [2.75, 3.05) is 11.1 Å². The lowest BCUT2D eigenvalue weighted by molar-refractivity contribution is -0.136. The van der Waals surface area contributed by atoms with Gasteiger partial charge in [-0.25, -0.2) is 4.39 Å². The van der Waals surface area contributed by atoms with Gasteiger partial charge in [0.05, 0.1) is 22.6 Å². The van der Waals surface area contributed by atoms with Crippen LogP contribution >= 0.6 is 0 Å². The molecular weight excluding hydrogens is 286 g/mol. The van der Waals surface area contributed by atoms with E-state index in [-0.39, 0.29) is 5.56 Å².